The average molecular weight is 567 g/mol. The molecule has 2 aromatic carbocycles. The third-order valence-corrected chi connectivity index (χ3v) is 7.38. The summed E-state index contributed by atoms with van der Waals surface area (Å²) in [5, 5.41) is 10.9. The Labute approximate surface area is 223 Å². The summed E-state index contributed by atoms with van der Waals surface area (Å²) < 4.78 is 51.0. The molecule has 0 spiro atoms. The van der Waals surface area contributed by atoms with Crippen molar-refractivity contribution in [2.24, 2.45) is 5.92 Å². The molecule has 0 radical (unpaired) electrons. The molecule has 12 heteroatoms. The molecule has 2 unspecified atom stereocenters. The smallest absolute Gasteiger partial charge is 0.417 e. The Bertz CT molecular complexity index is 1450. The van der Waals surface area contributed by atoms with Crippen molar-refractivity contribution in [3.05, 3.63) is 87.6 Å². The number of hydrogen-bond acceptors (Lipinski definition) is 8. The van der Waals surface area contributed by atoms with E-state index in [9.17, 15) is 23.1 Å². The minimum Gasteiger partial charge on any atom is -0.497 e. The summed E-state index contributed by atoms with van der Waals surface area (Å²) in [5.41, 5.74) is -0.0845. The first-order valence-electron chi connectivity index (χ1n) is 10.7. The molecule has 0 fully saturated rings. The zero-order chi connectivity index (χ0) is 26.7. The van der Waals surface area contributed by atoms with E-state index in [1.165, 1.54) is 36.9 Å². The zero-order valence-corrected chi connectivity index (χ0v) is 21.4. The van der Waals surface area contributed by atoms with Crippen molar-refractivity contribution in [3.8, 4) is 5.75 Å². The van der Waals surface area contributed by atoms with E-state index in [-0.39, 0.29) is 10.4 Å². The van der Waals surface area contributed by atoms with Crippen LogP contribution in [0.2, 0.25) is 5.02 Å². The summed E-state index contributed by atoms with van der Waals surface area (Å²) in [7, 11) is 1.52. The Balaban J connectivity index is 1.63. The minimum atomic E-state index is -4.67. The molecule has 2 atom stereocenters. The molecule has 4 rings (SSSR count). The van der Waals surface area contributed by atoms with Gasteiger partial charge in [-0.1, -0.05) is 36.0 Å². The maximum Gasteiger partial charge on any atom is 0.417 e. The second kappa shape index (κ2) is 11.1. The van der Waals surface area contributed by atoms with E-state index in [0.29, 0.717) is 21.8 Å². The van der Waals surface area contributed by atoms with Crippen molar-refractivity contribution in [1.29, 1.82) is 0 Å². The number of aliphatic hydroxyl groups excluding tert-OH is 1. The van der Waals surface area contributed by atoms with Crippen LogP contribution in [0.1, 0.15) is 27.8 Å². The number of carbonyl (C=O) groups excluding carboxylic acids is 1. The number of rotatable bonds is 8. The predicted octanol–water partition coefficient (Wildman–Crippen LogP) is 6.18. The fourth-order valence-corrected chi connectivity index (χ4v) is 5.06. The van der Waals surface area contributed by atoms with Crippen molar-refractivity contribution in [2.75, 3.05) is 7.11 Å². The number of halogens is 4. The monoisotopic (exact) mass is 566 g/mol. The highest BCUT2D eigenvalue weighted by atomic mass is 35.5. The van der Waals surface area contributed by atoms with E-state index in [0.717, 1.165) is 16.8 Å². The number of alkyl halides is 3. The van der Waals surface area contributed by atoms with E-state index in [1.807, 2.05) is 0 Å². The third kappa shape index (κ3) is 6.07. The van der Waals surface area contributed by atoms with Crippen LogP contribution < -0.4 is 4.74 Å². The van der Waals surface area contributed by atoms with Gasteiger partial charge in [0, 0.05) is 24.0 Å². The van der Waals surface area contributed by atoms with Crippen LogP contribution in [0.5, 0.6) is 5.75 Å². The zero-order valence-electron chi connectivity index (χ0n) is 19.0. The van der Waals surface area contributed by atoms with Crippen LogP contribution in [0.3, 0.4) is 0 Å². The lowest BCUT2D eigenvalue weighted by Gasteiger charge is -2.22. The van der Waals surface area contributed by atoms with Crippen molar-refractivity contribution < 1.29 is 32.5 Å². The van der Waals surface area contributed by atoms with Gasteiger partial charge < -0.3 is 14.6 Å². The first-order chi connectivity index (χ1) is 17.6. The van der Waals surface area contributed by atoms with E-state index < -0.39 is 41.4 Å². The third-order valence-electron chi connectivity index (χ3n) is 5.40. The fourth-order valence-electron chi connectivity index (χ4n) is 3.52. The van der Waals surface area contributed by atoms with Crippen LogP contribution in [0, 0.1) is 5.92 Å². The Kier molecular flexibility index (Phi) is 8.08. The average Bonchev–Trinajstić information content (AvgIpc) is 3.31. The van der Waals surface area contributed by atoms with Crippen LogP contribution in [0.25, 0.3) is 10.2 Å². The molecule has 0 saturated carbocycles. The van der Waals surface area contributed by atoms with Crippen LogP contribution in [0.15, 0.2) is 60.9 Å². The molecule has 0 bridgehead atoms. The number of aliphatic hydroxyl groups is 1. The van der Waals surface area contributed by atoms with Gasteiger partial charge in [0.15, 0.2) is 0 Å². The number of nitrogens with zero attached hydrogens (tertiary/aromatic N) is 2. The topological polar surface area (TPSA) is 81.5 Å². The van der Waals surface area contributed by atoms with Gasteiger partial charge in [0.05, 0.1) is 38.9 Å². The number of esters is 1. The first-order valence-corrected chi connectivity index (χ1v) is 12.3. The summed E-state index contributed by atoms with van der Waals surface area (Å²) in [4.78, 5) is 21.7. The van der Waals surface area contributed by atoms with Crippen molar-refractivity contribution in [1.82, 2.24) is 9.97 Å². The second-order valence-electron chi connectivity index (χ2n) is 7.85. The quantitative estimate of drug-likeness (QED) is 0.155. The number of hydrogen-bond donors (Lipinski definition) is 1. The molecule has 4 aromatic rings. The minimum absolute atomic E-state index is 0.0219. The largest absolute Gasteiger partial charge is 0.497 e. The van der Waals surface area contributed by atoms with Gasteiger partial charge in [-0.2, -0.15) is 13.2 Å². The first kappa shape index (κ1) is 26.9. The molecule has 0 saturated heterocycles. The second-order valence-corrected chi connectivity index (χ2v) is 9.72. The molecular weight excluding hydrogens is 549 g/mol. The number of carbonyl (C=O) groups is 1. The SMILES string of the molecule is COc1ccc2sc(C(=S)C(C(=O)OCc3ccc(Cl)c(C(F)(F)F)c3)C(O)c3cccnc3)nc2c1. The number of ether oxygens (including phenoxy) is 2. The number of thiazole rings is 1. The number of pyridine rings is 1. The van der Waals surface area contributed by atoms with Gasteiger partial charge in [-0.05, 0) is 35.9 Å². The van der Waals surface area contributed by atoms with Gasteiger partial charge >= 0.3 is 12.1 Å². The van der Waals surface area contributed by atoms with E-state index >= 15 is 0 Å². The summed E-state index contributed by atoms with van der Waals surface area (Å²) >= 11 is 12.5. The summed E-state index contributed by atoms with van der Waals surface area (Å²) in [5.74, 6) is -1.72. The van der Waals surface area contributed by atoms with Gasteiger partial charge in [0.1, 0.15) is 23.3 Å². The summed E-state index contributed by atoms with van der Waals surface area (Å²) in [6.45, 7) is -0.491. The molecule has 0 amide bonds. The number of aromatic nitrogens is 2. The molecule has 0 aliphatic rings. The van der Waals surface area contributed by atoms with Crippen LogP contribution >= 0.6 is 35.2 Å². The predicted molar refractivity (Wildman–Crippen MR) is 137 cm³/mol. The van der Waals surface area contributed by atoms with E-state index in [1.54, 1.807) is 30.3 Å². The Morgan fingerprint density at radius 1 is 1.22 bits per heavy atom. The standard InChI is InChI=1S/C25H18ClF3N2O4S2/c1-34-15-5-7-19-18(10-15)31-23(37-19)22(36)20(21(32)14-3-2-8-30-11-14)24(33)35-12-13-4-6-17(26)16(9-13)25(27,28)29/h2-11,20-21,32H,12H2,1H3. The van der Waals surface area contributed by atoms with Crippen molar-refractivity contribution in [2.45, 2.75) is 18.9 Å². The van der Waals surface area contributed by atoms with E-state index in [4.69, 9.17) is 33.3 Å². The summed E-state index contributed by atoms with van der Waals surface area (Å²) in [6.07, 6.45) is -3.23. The number of fused-ring (bicyclic) bond motifs is 1. The van der Waals surface area contributed by atoms with Gasteiger partial charge in [0.25, 0.3) is 0 Å². The maximum absolute atomic E-state index is 13.2. The van der Waals surface area contributed by atoms with Gasteiger partial charge in [-0.3, -0.25) is 9.78 Å². The lowest BCUT2D eigenvalue weighted by Crippen LogP contribution is -2.31. The molecule has 6 nitrogen and oxygen atoms in total. The fraction of sp³-hybridized carbons (Fsp3) is 0.200. The lowest BCUT2D eigenvalue weighted by molar-refractivity contribution is -0.150. The number of benzene rings is 2. The highest BCUT2D eigenvalue weighted by Gasteiger charge is 2.36. The van der Waals surface area contributed by atoms with Gasteiger partial charge in [0.2, 0.25) is 0 Å². The molecule has 37 heavy (non-hydrogen) atoms. The molecule has 0 aliphatic carbocycles. The Hall–Kier alpha value is -3.12. The molecule has 0 aliphatic heterocycles. The van der Waals surface area contributed by atoms with E-state index in [2.05, 4.69) is 9.97 Å². The van der Waals surface area contributed by atoms with Gasteiger partial charge in [-0.25, -0.2) is 4.98 Å². The molecular formula is C25H18ClF3N2O4S2. The lowest BCUT2D eigenvalue weighted by atomic mass is 9.93. The van der Waals surface area contributed by atoms with Gasteiger partial charge in [-0.15, -0.1) is 11.3 Å². The summed E-state index contributed by atoms with van der Waals surface area (Å²) in [6, 6.07) is 11.6. The van der Waals surface area contributed by atoms with Crippen molar-refractivity contribution in [3.63, 3.8) is 0 Å². The van der Waals surface area contributed by atoms with Crippen molar-refractivity contribution >= 4 is 56.2 Å². The van der Waals surface area contributed by atoms with Crippen LogP contribution in [-0.2, 0) is 22.3 Å². The normalized spacial score (nSPS) is 13.2. The number of methoxy groups -OCH3 is 1. The Morgan fingerprint density at radius 2 is 2.00 bits per heavy atom. The van der Waals surface area contributed by atoms with Crippen LogP contribution in [-0.4, -0.2) is 33.0 Å². The molecule has 2 heterocycles. The molecule has 2 aromatic heterocycles. The molecule has 192 valence electrons. The Morgan fingerprint density at radius 3 is 2.68 bits per heavy atom. The molecule has 1 N–H and O–H groups in total. The maximum atomic E-state index is 13.2. The number of thiocarbonyl (C=S) groups is 1. The van der Waals surface area contributed by atoms with Crippen LogP contribution in [0.4, 0.5) is 13.2 Å². The highest BCUT2D eigenvalue weighted by Crippen LogP contribution is 2.36. The highest BCUT2D eigenvalue weighted by molar-refractivity contribution is 7.81.